The maximum absolute atomic E-state index is 11.9. The molecule has 108 valence electrons. The van der Waals surface area contributed by atoms with Crippen LogP contribution in [0.3, 0.4) is 0 Å². The molecule has 0 aliphatic carbocycles. The predicted molar refractivity (Wildman–Crippen MR) is 73.4 cm³/mol. The van der Waals surface area contributed by atoms with Crippen molar-refractivity contribution >= 4 is 11.8 Å². The zero-order valence-electron chi connectivity index (χ0n) is 11.6. The lowest BCUT2D eigenvalue weighted by Crippen LogP contribution is -2.61. The van der Waals surface area contributed by atoms with Crippen molar-refractivity contribution in [1.29, 1.82) is 0 Å². The Bertz CT molecular complexity index is 512. The molecule has 0 unspecified atom stereocenters. The monoisotopic (exact) mass is 277 g/mol. The lowest BCUT2D eigenvalue weighted by molar-refractivity contribution is -0.135. The van der Waals surface area contributed by atoms with E-state index in [0.29, 0.717) is 18.7 Å². The van der Waals surface area contributed by atoms with Crippen LogP contribution in [0.2, 0.25) is 0 Å². The van der Waals surface area contributed by atoms with Gasteiger partial charge in [-0.25, -0.2) is 5.84 Å². The molecule has 20 heavy (non-hydrogen) atoms. The Morgan fingerprint density at radius 3 is 2.90 bits per heavy atom. The molecule has 0 atom stereocenters. The normalized spacial score (nSPS) is 18.4. The van der Waals surface area contributed by atoms with Crippen LogP contribution in [0.4, 0.5) is 0 Å². The summed E-state index contributed by atoms with van der Waals surface area (Å²) in [6.45, 7) is 5.74. The summed E-state index contributed by atoms with van der Waals surface area (Å²) in [7, 11) is 0. The van der Waals surface area contributed by atoms with Gasteiger partial charge in [0.1, 0.15) is 0 Å². The highest BCUT2D eigenvalue weighted by Gasteiger charge is 2.37. The van der Waals surface area contributed by atoms with Crippen molar-refractivity contribution in [2.45, 2.75) is 25.9 Å². The van der Waals surface area contributed by atoms with Crippen LogP contribution in [0, 0.1) is 0 Å². The molecule has 7 heteroatoms. The van der Waals surface area contributed by atoms with Crippen LogP contribution in [0.25, 0.3) is 0 Å². The predicted octanol–water partition coefficient (Wildman–Crippen LogP) is -0.604. The van der Waals surface area contributed by atoms with Gasteiger partial charge in [0.2, 0.25) is 5.91 Å². The van der Waals surface area contributed by atoms with Gasteiger partial charge in [-0.2, -0.15) is 0 Å². The molecule has 1 aliphatic heterocycles. The zero-order chi connectivity index (χ0) is 14.8. The Hall–Kier alpha value is -1.99. The van der Waals surface area contributed by atoms with E-state index in [1.807, 2.05) is 13.8 Å². The van der Waals surface area contributed by atoms with Gasteiger partial charge >= 0.3 is 0 Å². The van der Waals surface area contributed by atoms with Crippen molar-refractivity contribution in [3.05, 3.63) is 29.6 Å². The highest BCUT2D eigenvalue weighted by Crippen LogP contribution is 2.19. The molecule has 4 N–H and O–H groups in total. The molecule has 2 heterocycles. The average molecular weight is 277 g/mol. The molecule has 1 saturated heterocycles. The number of carbonyl (C=O) groups excluding carboxylic acids is 2. The number of pyridine rings is 1. The Kier molecular flexibility index (Phi) is 4.01. The molecule has 0 spiro atoms. The first kappa shape index (κ1) is 14.4. The lowest BCUT2D eigenvalue weighted by Gasteiger charge is -2.40. The standard InChI is InChI=1S/C13H19N5O2/c1-13(2)12(20)15-5-6-18(13)8-10-4-3-9(7-16-10)11(19)17-14/h3-4,7H,5-6,8,14H2,1-2H3,(H,15,20)(H,17,19). The van der Waals surface area contributed by atoms with Gasteiger partial charge in [-0.3, -0.25) is 24.9 Å². The Labute approximate surface area is 117 Å². The second kappa shape index (κ2) is 5.56. The number of hydrogen-bond donors (Lipinski definition) is 3. The molecule has 2 amide bonds. The van der Waals surface area contributed by atoms with Gasteiger partial charge in [-0.15, -0.1) is 0 Å². The largest absolute Gasteiger partial charge is 0.353 e. The molecule has 1 aromatic heterocycles. The van der Waals surface area contributed by atoms with E-state index in [0.717, 1.165) is 12.2 Å². The number of nitrogens with one attached hydrogen (secondary N) is 2. The minimum absolute atomic E-state index is 0.0166. The van der Waals surface area contributed by atoms with Crippen molar-refractivity contribution in [2.75, 3.05) is 13.1 Å². The minimum atomic E-state index is -0.562. The van der Waals surface area contributed by atoms with E-state index in [4.69, 9.17) is 5.84 Å². The van der Waals surface area contributed by atoms with Gasteiger partial charge in [-0.1, -0.05) is 0 Å². The van der Waals surface area contributed by atoms with Crippen LogP contribution in [-0.4, -0.2) is 40.3 Å². The number of carbonyl (C=O) groups is 2. The summed E-state index contributed by atoms with van der Waals surface area (Å²) in [6.07, 6.45) is 1.48. The molecule has 0 bridgehead atoms. The Morgan fingerprint density at radius 1 is 1.55 bits per heavy atom. The van der Waals surface area contributed by atoms with Gasteiger partial charge in [0.15, 0.2) is 0 Å². The summed E-state index contributed by atoms with van der Waals surface area (Å²) in [5.74, 6) is 4.71. The molecule has 7 nitrogen and oxygen atoms in total. The summed E-state index contributed by atoms with van der Waals surface area (Å²) in [6, 6.07) is 3.44. The minimum Gasteiger partial charge on any atom is -0.353 e. The SMILES string of the molecule is CC1(C)C(=O)NCCN1Cc1ccc(C(=O)NN)cn1. The lowest BCUT2D eigenvalue weighted by atomic mass is 9.98. The van der Waals surface area contributed by atoms with Crippen LogP contribution in [-0.2, 0) is 11.3 Å². The van der Waals surface area contributed by atoms with E-state index in [-0.39, 0.29) is 11.8 Å². The van der Waals surface area contributed by atoms with E-state index in [1.54, 1.807) is 12.1 Å². The average Bonchev–Trinajstić information content (AvgIpc) is 2.44. The molecule has 0 saturated carbocycles. The second-order valence-electron chi connectivity index (χ2n) is 5.25. The fourth-order valence-corrected chi connectivity index (χ4v) is 2.15. The number of nitrogen functional groups attached to an aromatic ring is 1. The zero-order valence-corrected chi connectivity index (χ0v) is 11.6. The first-order chi connectivity index (χ1) is 9.45. The molecule has 1 fully saturated rings. The fourth-order valence-electron chi connectivity index (χ4n) is 2.15. The smallest absolute Gasteiger partial charge is 0.266 e. The van der Waals surface area contributed by atoms with Crippen LogP contribution in [0.15, 0.2) is 18.3 Å². The molecule has 0 radical (unpaired) electrons. The molecule has 1 aliphatic rings. The van der Waals surface area contributed by atoms with Crippen molar-refractivity contribution in [1.82, 2.24) is 20.6 Å². The van der Waals surface area contributed by atoms with Crippen LogP contribution in [0.1, 0.15) is 29.9 Å². The summed E-state index contributed by atoms with van der Waals surface area (Å²) in [5, 5.41) is 2.85. The number of rotatable bonds is 3. The molecule has 1 aromatic rings. The van der Waals surface area contributed by atoms with Crippen molar-refractivity contribution in [2.24, 2.45) is 5.84 Å². The van der Waals surface area contributed by atoms with E-state index in [1.165, 1.54) is 6.20 Å². The second-order valence-corrected chi connectivity index (χ2v) is 5.25. The number of amides is 2. The third-order valence-corrected chi connectivity index (χ3v) is 3.58. The van der Waals surface area contributed by atoms with Crippen molar-refractivity contribution in [3.63, 3.8) is 0 Å². The molecule has 0 aromatic carbocycles. The quantitative estimate of drug-likeness (QED) is 0.389. The van der Waals surface area contributed by atoms with Gasteiger partial charge in [-0.05, 0) is 26.0 Å². The van der Waals surface area contributed by atoms with Crippen LogP contribution >= 0.6 is 0 Å². The maximum Gasteiger partial charge on any atom is 0.266 e. The fraction of sp³-hybridized carbons (Fsp3) is 0.462. The summed E-state index contributed by atoms with van der Waals surface area (Å²) >= 11 is 0. The van der Waals surface area contributed by atoms with E-state index < -0.39 is 5.54 Å². The topological polar surface area (TPSA) is 100 Å². The van der Waals surface area contributed by atoms with Crippen LogP contribution < -0.4 is 16.6 Å². The number of hydrogen-bond acceptors (Lipinski definition) is 5. The van der Waals surface area contributed by atoms with Gasteiger partial charge in [0, 0.05) is 25.8 Å². The third kappa shape index (κ3) is 2.78. The number of hydrazine groups is 1. The Balaban J connectivity index is 2.10. The highest BCUT2D eigenvalue weighted by atomic mass is 16.2. The number of aromatic nitrogens is 1. The number of nitrogens with two attached hydrogens (primary N) is 1. The number of piperazine rings is 1. The van der Waals surface area contributed by atoms with Gasteiger partial charge in [0.05, 0.1) is 16.8 Å². The van der Waals surface area contributed by atoms with Gasteiger partial charge in [0.25, 0.3) is 5.91 Å². The molecular weight excluding hydrogens is 258 g/mol. The van der Waals surface area contributed by atoms with Crippen molar-refractivity contribution in [3.8, 4) is 0 Å². The summed E-state index contributed by atoms with van der Waals surface area (Å²) < 4.78 is 0. The first-order valence-electron chi connectivity index (χ1n) is 6.44. The first-order valence-corrected chi connectivity index (χ1v) is 6.44. The summed E-state index contributed by atoms with van der Waals surface area (Å²) in [5.41, 5.74) is 2.71. The highest BCUT2D eigenvalue weighted by molar-refractivity contribution is 5.93. The van der Waals surface area contributed by atoms with Crippen molar-refractivity contribution < 1.29 is 9.59 Å². The molecule has 2 rings (SSSR count). The van der Waals surface area contributed by atoms with Crippen LogP contribution in [0.5, 0.6) is 0 Å². The van der Waals surface area contributed by atoms with E-state index in [2.05, 4.69) is 20.6 Å². The van der Waals surface area contributed by atoms with Gasteiger partial charge < -0.3 is 5.32 Å². The van der Waals surface area contributed by atoms with E-state index >= 15 is 0 Å². The third-order valence-electron chi connectivity index (χ3n) is 3.58. The number of nitrogens with zero attached hydrogens (tertiary/aromatic N) is 2. The maximum atomic E-state index is 11.9. The summed E-state index contributed by atoms with van der Waals surface area (Å²) in [4.78, 5) is 29.5. The molecular formula is C13H19N5O2. The van der Waals surface area contributed by atoms with E-state index in [9.17, 15) is 9.59 Å². The Morgan fingerprint density at radius 2 is 2.30 bits per heavy atom.